The largest absolute Gasteiger partial charge is 0.456 e. The predicted molar refractivity (Wildman–Crippen MR) is 169 cm³/mol. The van der Waals surface area contributed by atoms with E-state index in [4.69, 9.17) is 4.42 Å². The Bertz CT molecular complexity index is 1960. The summed E-state index contributed by atoms with van der Waals surface area (Å²) < 4.78 is 6.13. The fourth-order valence-corrected chi connectivity index (χ4v) is 5.54. The number of hydrogen-bond donors (Lipinski definition) is 0. The van der Waals surface area contributed by atoms with Crippen LogP contribution in [-0.4, -0.2) is 7.05 Å². The molecule has 40 heavy (non-hydrogen) atoms. The summed E-state index contributed by atoms with van der Waals surface area (Å²) in [6.07, 6.45) is 0. The summed E-state index contributed by atoms with van der Waals surface area (Å²) in [6.45, 7) is 2.12. The number of para-hydroxylation sites is 2. The Hall–Kier alpha value is -5.08. The van der Waals surface area contributed by atoms with E-state index in [1.54, 1.807) is 0 Å². The Morgan fingerprint density at radius 3 is 1.93 bits per heavy atom. The Morgan fingerprint density at radius 1 is 0.475 bits per heavy atom. The van der Waals surface area contributed by atoms with E-state index in [-0.39, 0.29) is 0 Å². The number of benzene rings is 6. The summed E-state index contributed by atoms with van der Waals surface area (Å²) in [7, 11) is 2.14. The lowest BCUT2D eigenvalue weighted by Crippen LogP contribution is -2.10. The number of furan rings is 1. The molecule has 7 rings (SSSR count). The van der Waals surface area contributed by atoms with Gasteiger partial charge < -0.3 is 9.32 Å². The van der Waals surface area contributed by atoms with Crippen molar-refractivity contribution in [3.63, 3.8) is 0 Å². The zero-order valence-electron chi connectivity index (χ0n) is 22.6. The van der Waals surface area contributed by atoms with E-state index in [0.29, 0.717) is 0 Å². The Labute approximate surface area is 234 Å². The number of hydrogen-bond acceptors (Lipinski definition) is 2. The van der Waals surface area contributed by atoms with Gasteiger partial charge in [0.15, 0.2) is 0 Å². The summed E-state index contributed by atoms with van der Waals surface area (Å²) in [5.74, 6) is 0. The van der Waals surface area contributed by atoms with E-state index >= 15 is 0 Å². The van der Waals surface area contributed by atoms with Crippen LogP contribution in [0.15, 0.2) is 144 Å². The molecule has 2 heteroatoms. The van der Waals surface area contributed by atoms with Crippen LogP contribution in [0.2, 0.25) is 0 Å². The quantitative estimate of drug-likeness (QED) is 0.227. The molecular weight excluding hydrogens is 486 g/mol. The van der Waals surface area contributed by atoms with Gasteiger partial charge in [-0.3, -0.25) is 0 Å². The van der Waals surface area contributed by atoms with Gasteiger partial charge in [-0.25, -0.2) is 0 Å². The second-order valence-corrected chi connectivity index (χ2v) is 10.4. The van der Waals surface area contributed by atoms with Gasteiger partial charge in [-0.05, 0) is 71.1 Å². The highest BCUT2D eigenvalue weighted by molar-refractivity contribution is 6.05. The smallest absolute Gasteiger partial charge is 0.136 e. The molecule has 0 aliphatic carbocycles. The highest BCUT2D eigenvalue weighted by Crippen LogP contribution is 2.37. The molecule has 0 saturated carbocycles. The van der Waals surface area contributed by atoms with Crippen LogP contribution in [0.25, 0.3) is 55.3 Å². The zero-order chi connectivity index (χ0) is 27.1. The molecule has 6 aromatic carbocycles. The van der Waals surface area contributed by atoms with Crippen molar-refractivity contribution in [1.82, 2.24) is 0 Å². The van der Waals surface area contributed by atoms with E-state index < -0.39 is 0 Å². The fraction of sp³-hybridized carbons (Fsp3) is 0.0526. The molecule has 1 heterocycles. The molecule has 0 atom stereocenters. The first-order valence-electron chi connectivity index (χ1n) is 13.7. The van der Waals surface area contributed by atoms with Crippen molar-refractivity contribution in [3.05, 3.63) is 145 Å². The second kappa shape index (κ2) is 9.91. The van der Waals surface area contributed by atoms with Crippen LogP contribution in [0.1, 0.15) is 5.56 Å². The average molecular weight is 516 g/mol. The first-order valence-corrected chi connectivity index (χ1v) is 13.7. The fourth-order valence-electron chi connectivity index (χ4n) is 5.54. The maximum absolute atomic E-state index is 6.13. The van der Waals surface area contributed by atoms with Crippen LogP contribution in [0, 0.1) is 6.92 Å². The molecule has 0 N–H and O–H groups in total. The van der Waals surface area contributed by atoms with Crippen LogP contribution in [0.5, 0.6) is 0 Å². The summed E-state index contributed by atoms with van der Waals surface area (Å²) in [5.41, 5.74) is 12.6. The minimum absolute atomic E-state index is 0.919. The van der Waals surface area contributed by atoms with Crippen molar-refractivity contribution >= 4 is 33.3 Å². The highest BCUT2D eigenvalue weighted by atomic mass is 16.3. The van der Waals surface area contributed by atoms with Gasteiger partial charge in [0.05, 0.1) is 0 Å². The first kappa shape index (κ1) is 24.0. The SMILES string of the molecule is Cc1ccc(-c2cccc(N(C)c3ccccc3-c3ccc(-c4ccc5c(c4)oc4ccccc45)cc3)c2)cc1. The number of anilines is 2. The summed E-state index contributed by atoms with van der Waals surface area (Å²) >= 11 is 0. The predicted octanol–water partition coefficient (Wildman–Crippen LogP) is 10.7. The molecule has 0 amide bonds. The van der Waals surface area contributed by atoms with Crippen LogP contribution in [0.4, 0.5) is 11.4 Å². The molecule has 0 fully saturated rings. The lowest BCUT2D eigenvalue weighted by molar-refractivity contribution is 0.669. The lowest BCUT2D eigenvalue weighted by atomic mass is 9.98. The summed E-state index contributed by atoms with van der Waals surface area (Å²) in [4.78, 5) is 2.27. The van der Waals surface area contributed by atoms with E-state index in [1.807, 2.05) is 12.1 Å². The molecule has 1 aromatic heterocycles. The Kier molecular flexibility index (Phi) is 5.94. The van der Waals surface area contributed by atoms with E-state index in [2.05, 4.69) is 146 Å². The molecule has 192 valence electrons. The highest BCUT2D eigenvalue weighted by Gasteiger charge is 2.13. The molecule has 0 saturated heterocycles. The van der Waals surface area contributed by atoms with Crippen molar-refractivity contribution in [2.75, 3.05) is 11.9 Å². The Morgan fingerprint density at radius 2 is 1.10 bits per heavy atom. The molecule has 0 aliphatic heterocycles. The monoisotopic (exact) mass is 515 g/mol. The molecule has 0 spiro atoms. The maximum atomic E-state index is 6.13. The van der Waals surface area contributed by atoms with Crippen LogP contribution in [0.3, 0.4) is 0 Å². The van der Waals surface area contributed by atoms with Gasteiger partial charge in [0.2, 0.25) is 0 Å². The van der Waals surface area contributed by atoms with Gasteiger partial charge in [0.25, 0.3) is 0 Å². The third-order valence-corrected chi connectivity index (χ3v) is 7.79. The van der Waals surface area contributed by atoms with Gasteiger partial charge in [-0.2, -0.15) is 0 Å². The number of aryl methyl sites for hydroxylation is 1. The first-order chi connectivity index (χ1) is 19.6. The standard InChI is InChI=1S/C38H29NO/c1-26-14-16-27(17-15-26)30-8-7-9-32(24-30)39(2)36-12-5-3-10-33(36)29-20-18-28(19-21-29)31-22-23-35-34-11-4-6-13-37(34)40-38(35)25-31/h3-25H,1-2H3. The Balaban J connectivity index is 1.20. The second-order valence-electron chi connectivity index (χ2n) is 10.4. The minimum atomic E-state index is 0.919. The van der Waals surface area contributed by atoms with E-state index in [1.165, 1.54) is 39.1 Å². The van der Waals surface area contributed by atoms with Crippen LogP contribution >= 0.6 is 0 Å². The maximum Gasteiger partial charge on any atom is 0.136 e. The molecule has 2 nitrogen and oxygen atoms in total. The van der Waals surface area contributed by atoms with Gasteiger partial charge in [0.1, 0.15) is 11.2 Å². The van der Waals surface area contributed by atoms with Gasteiger partial charge >= 0.3 is 0 Å². The normalized spacial score (nSPS) is 11.2. The molecular formula is C38H29NO. The van der Waals surface area contributed by atoms with Gasteiger partial charge in [-0.15, -0.1) is 0 Å². The van der Waals surface area contributed by atoms with E-state index in [9.17, 15) is 0 Å². The zero-order valence-corrected chi connectivity index (χ0v) is 22.6. The van der Waals surface area contributed by atoms with Crippen molar-refractivity contribution in [1.29, 1.82) is 0 Å². The van der Waals surface area contributed by atoms with Crippen molar-refractivity contribution in [3.8, 4) is 33.4 Å². The molecule has 0 bridgehead atoms. The number of rotatable bonds is 5. The van der Waals surface area contributed by atoms with E-state index in [0.717, 1.165) is 33.2 Å². The van der Waals surface area contributed by atoms with Crippen LogP contribution < -0.4 is 4.90 Å². The molecule has 0 radical (unpaired) electrons. The van der Waals surface area contributed by atoms with Gasteiger partial charge in [0, 0.05) is 34.8 Å². The molecule has 0 unspecified atom stereocenters. The average Bonchev–Trinajstić information content (AvgIpc) is 3.39. The van der Waals surface area contributed by atoms with Crippen molar-refractivity contribution < 1.29 is 4.42 Å². The summed E-state index contributed by atoms with van der Waals surface area (Å²) in [6, 6.07) is 49.6. The third-order valence-electron chi connectivity index (χ3n) is 7.79. The number of nitrogens with zero attached hydrogens (tertiary/aromatic N) is 1. The third kappa shape index (κ3) is 4.34. The summed E-state index contributed by atoms with van der Waals surface area (Å²) in [5, 5.41) is 2.31. The minimum Gasteiger partial charge on any atom is -0.456 e. The molecule has 7 aromatic rings. The number of fused-ring (bicyclic) bond motifs is 3. The van der Waals surface area contributed by atoms with Crippen molar-refractivity contribution in [2.45, 2.75) is 6.92 Å². The topological polar surface area (TPSA) is 16.4 Å². The van der Waals surface area contributed by atoms with Gasteiger partial charge in [-0.1, -0.05) is 109 Å². The lowest BCUT2D eigenvalue weighted by Gasteiger charge is -2.23. The molecule has 0 aliphatic rings. The van der Waals surface area contributed by atoms with Crippen LogP contribution in [-0.2, 0) is 0 Å². The van der Waals surface area contributed by atoms with Crippen molar-refractivity contribution in [2.24, 2.45) is 0 Å².